The number of amides is 2. The molecule has 0 aliphatic carbocycles. The molecule has 182 valence electrons. The average molecular weight is 466 g/mol. The van der Waals surface area contributed by atoms with E-state index in [-0.39, 0.29) is 30.0 Å². The predicted octanol–water partition coefficient (Wildman–Crippen LogP) is 4.16. The SMILES string of the molecule is CC1CCCN(Cc2ccccc2CNC(=O)C2CCCN(C(=O)Cc3ccc(F)cc3)C2)C1. The second-order valence-electron chi connectivity index (χ2n) is 9.95. The van der Waals surface area contributed by atoms with Gasteiger partial charge in [-0.25, -0.2) is 4.39 Å². The standard InChI is InChI=1S/C28H36FN3O2/c1-21-6-4-14-31(18-21)19-24-8-3-2-7-23(24)17-30-28(34)25-9-5-15-32(20-25)27(33)16-22-10-12-26(29)13-11-22/h2-3,7-8,10-13,21,25H,4-6,9,14-20H2,1H3,(H,30,34). The molecule has 2 fully saturated rings. The van der Waals surface area contributed by atoms with E-state index in [1.54, 1.807) is 17.0 Å². The lowest BCUT2D eigenvalue weighted by Crippen LogP contribution is -2.45. The van der Waals surface area contributed by atoms with Crippen molar-refractivity contribution in [1.82, 2.24) is 15.1 Å². The second kappa shape index (κ2) is 11.6. The van der Waals surface area contributed by atoms with Crippen molar-refractivity contribution >= 4 is 11.8 Å². The van der Waals surface area contributed by atoms with E-state index in [9.17, 15) is 14.0 Å². The molecular formula is C28H36FN3O2. The van der Waals surface area contributed by atoms with Gasteiger partial charge in [-0.2, -0.15) is 0 Å². The topological polar surface area (TPSA) is 52.7 Å². The molecule has 2 aromatic rings. The number of piperidine rings is 2. The zero-order valence-electron chi connectivity index (χ0n) is 20.1. The molecule has 2 unspecified atom stereocenters. The van der Waals surface area contributed by atoms with Crippen LogP contribution in [0.1, 0.15) is 49.3 Å². The minimum atomic E-state index is -0.307. The first kappa shape index (κ1) is 24.4. The van der Waals surface area contributed by atoms with E-state index in [0.29, 0.717) is 19.6 Å². The van der Waals surface area contributed by atoms with Gasteiger partial charge in [0.1, 0.15) is 5.82 Å². The summed E-state index contributed by atoms with van der Waals surface area (Å²) in [6.07, 6.45) is 4.39. The van der Waals surface area contributed by atoms with Crippen LogP contribution in [0.2, 0.25) is 0 Å². The third-order valence-electron chi connectivity index (χ3n) is 7.12. The summed E-state index contributed by atoms with van der Waals surface area (Å²) in [5.41, 5.74) is 3.23. The number of hydrogen-bond acceptors (Lipinski definition) is 3. The quantitative estimate of drug-likeness (QED) is 0.668. The Labute approximate surface area is 202 Å². The van der Waals surface area contributed by atoms with Crippen LogP contribution in [0.3, 0.4) is 0 Å². The Bertz CT molecular complexity index is 978. The maximum Gasteiger partial charge on any atom is 0.227 e. The Morgan fingerprint density at radius 2 is 1.71 bits per heavy atom. The van der Waals surface area contributed by atoms with Gasteiger partial charge in [0.25, 0.3) is 0 Å². The van der Waals surface area contributed by atoms with Gasteiger partial charge in [0.2, 0.25) is 11.8 Å². The Morgan fingerprint density at radius 1 is 0.971 bits per heavy atom. The van der Waals surface area contributed by atoms with Gasteiger partial charge in [0, 0.05) is 32.7 Å². The molecule has 0 saturated carbocycles. The van der Waals surface area contributed by atoms with E-state index < -0.39 is 0 Å². The van der Waals surface area contributed by atoms with Crippen LogP contribution in [0.4, 0.5) is 4.39 Å². The number of carbonyl (C=O) groups excluding carboxylic acids is 2. The van der Waals surface area contributed by atoms with Gasteiger partial charge in [-0.1, -0.05) is 43.3 Å². The Hall–Kier alpha value is -2.73. The molecule has 6 heteroatoms. The third-order valence-corrected chi connectivity index (χ3v) is 7.12. The Kier molecular flexibility index (Phi) is 8.33. The molecule has 0 aromatic heterocycles. The summed E-state index contributed by atoms with van der Waals surface area (Å²) in [6.45, 7) is 7.12. The first-order valence-electron chi connectivity index (χ1n) is 12.6. The van der Waals surface area contributed by atoms with Crippen molar-refractivity contribution in [2.75, 3.05) is 26.2 Å². The number of nitrogens with one attached hydrogen (secondary N) is 1. The van der Waals surface area contributed by atoms with Crippen molar-refractivity contribution in [3.05, 3.63) is 71.0 Å². The van der Waals surface area contributed by atoms with Gasteiger partial charge in [0.15, 0.2) is 0 Å². The van der Waals surface area contributed by atoms with E-state index in [1.165, 1.54) is 30.5 Å². The molecule has 2 heterocycles. The zero-order chi connectivity index (χ0) is 23.9. The summed E-state index contributed by atoms with van der Waals surface area (Å²) >= 11 is 0. The fourth-order valence-corrected chi connectivity index (χ4v) is 5.19. The number of benzene rings is 2. The van der Waals surface area contributed by atoms with Gasteiger partial charge in [-0.3, -0.25) is 14.5 Å². The van der Waals surface area contributed by atoms with E-state index in [2.05, 4.69) is 35.3 Å². The highest BCUT2D eigenvalue weighted by Gasteiger charge is 2.28. The molecule has 2 aliphatic heterocycles. The summed E-state index contributed by atoms with van der Waals surface area (Å²) in [7, 11) is 0. The molecule has 2 atom stereocenters. The number of hydrogen-bond donors (Lipinski definition) is 1. The predicted molar refractivity (Wildman–Crippen MR) is 131 cm³/mol. The van der Waals surface area contributed by atoms with Crippen LogP contribution in [0.25, 0.3) is 0 Å². The normalized spacial score (nSPS) is 21.3. The zero-order valence-corrected chi connectivity index (χ0v) is 20.1. The molecule has 5 nitrogen and oxygen atoms in total. The second-order valence-corrected chi connectivity index (χ2v) is 9.95. The number of halogens is 1. The Morgan fingerprint density at radius 3 is 2.47 bits per heavy atom. The molecular weight excluding hydrogens is 429 g/mol. The molecule has 4 rings (SSSR count). The number of rotatable bonds is 7. The number of carbonyl (C=O) groups is 2. The highest BCUT2D eigenvalue weighted by atomic mass is 19.1. The molecule has 2 aromatic carbocycles. The smallest absolute Gasteiger partial charge is 0.227 e. The van der Waals surface area contributed by atoms with Crippen molar-refractivity contribution in [2.24, 2.45) is 11.8 Å². The fourth-order valence-electron chi connectivity index (χ4n) is 5.19. The molecule has 0 spiro atoms. The van der Waals surface area contributed by atoms with Gasteiger partial charge in [-0.05, 0) is 67.0 Å². The molecule has 34 heavy (non-hydrogen) atoms. The van der Waals surface area contributed by atoms with Crippen LogP contribution in [0.15, 0.2) is 48.5 Å². The van der Waals surface area contributed by atoms with E-state index >= 15 is 0 Å². The van der Waals surface area contributed by atoms with Crippen molar-refractivity contribution in [1.29, 1.82) is 0 Å². The van der Waals surface area contributed by atoms with Crippen molar-refractivity contribution in [3.63, 3.8) is 0 Å². The summed E-state index contributed by atoms with van der Waals surface area (Å²) in [4.78, 5) is 30.0. The largest absolute Gasteiger partial charge is 0.352 e. The Balaban J connectivity index is 1.30. The van der Waals surface area contributed by atoms with E-state index in [1.807, 2.05) is 6.07 Å². The molecule has 0 radical (unpaired) electrons. The maximum atomic E-state index is 13.1. The van der Waals surface area contributed by atoms with Gasteiger partial charge in [0.05, 0.1) is 12.3 Å². The van der Waals surface area contributed by atoms with Crippen LogP contribution in [0, 0.1) is 17.7 Å². The fraction of sp³-hybridized carbons (Fsp3) is 0.500. The van der Waals surface area contributed by atoms with Crippen LogP contribution in [-0.4, -0.2) is 47.8 Å². The van der Waals surface area contributed by atoms with E-state index in [4.69, 9.17) is 0 Å². The lowest BCUT2D eigenvalue weighted by Gasteiger charge is -2.32. The number of likely N-dealkylation sites (tertiary alicyclic amines) is 2. The summed E-state index contributed by atoms with van der Waals surface area (Å²) in [5.74, 6) is 0.241. The van der Waals surface area contributed by atoms with Crippen LogP contribution >= 0.6 is 0 Å². The molecule has 2 amide bonds. The van der Waals surface area contributed by atoms with E-state index in [0.717, 1.165) is 49.5 Å². The third kappa shape index (κ3) is 6.66. The maximum absolute atomic E-state index is 13.1. The highest BCUT2D eigenvalue weighted by molar-refractivity contribution is 5.82. The molecule has 2 saturated heterocycles. The van der Waals surface area contributed by atoms with Crippen LogP contribution in [-0.2, 0) is 29.1 Å². The van der Waals surface area contributed by atoms with Gasteiger partial charge < -0.3 is 10.2 Å². The first-order chi connectivity index (χ1) is 16.5. The highest BCUT2D eigenvalue weighted by Crippen LogP contribution is 2.21. The van der Waals surface area contributed by atoms with Crippen LogP contribution < -0.4 is 5.32 Å². The van der Waals surface area contributed by atoms with Crippen molar-refractivity contribution in [3.8, 4) is 0 Å². The van der Waals surface area contributed by atoms with Crippen LogP contribution in [0.5, 0.6) is 0 Å². The summed E-state index contributed by atoms with van der Waals surface area (Å²) in [5, 5.41) is 3.13. The average Bonchev–Trinajstić information content (AvgIpc) is 2.85. The molecule has 1 N–H and O–H groups in total. The lowest BCUT2D eigenvalue weighted by molar-refractivity contribution is -0.135. The monoisotopic (exact) mass is 465 g/mol. The lowest BCUT2D eigenvalue weighted by atomic mass is 9.96. The minimum absolute atomic E-state index is 0.00906. The molecule has 0 bridgehead atoms. The van der Waals surface area contributed by atoms with Gasteiger partial charge >= 0.3 is 0 Å². The minimum Gasteiger partial charge on any atom is -0.352 e. The first-order valence-corrected chi connectivity index (χ1v) is 12.6. The number of nitrogens with zero attached hydrogens (tertiary/aromatic N) is 2. The summed E-state index contributed by atoms with van der Waals surface area (Å²) < 4.78 is 13.1. The van der Waals surface area contributed by atoms with Crippen molar-refractivity contribution < 1.29 is 14.0 Å². The molecule has 2 aliphatic rings. The van der Waals surface area contributed by atoms with Crippen molar-refractivity contribution in [2.45, 2.75) is 52.1 Å². The summed E-state index contributed by atoms with van der Waals surface area (Å²) in [6, 6.07) is 14.4. The van der Waals surface area contributed by atoms with Gasteiger partial charge in [-0.15, -0.1) is 0 Å².